The van der Waals surface area contributed by atoms with E-state index in [-0.39, 0.29) is 17.6 Å². The first-order chi connectivity index (χ1) is 20.4. The Morgan fingerprint density at radius 2 is 1.77 bits per heavy atom. The van der Waals surface area contributed by atoms with Crippen molar-refractivity contribution in [1.82, 2.24) is 14.9 Å². The topological polar surface area (TPSA) is 102 Å². The highest BCUT2D eigenvalue weighted by Gasteiger charge is 2.29. The maximum absolute atomic E-state index is 14.0. The fourth-order valence-corrected chi connectivity index (χ4v) is 5.88. The number of piperazine rings is 1. The fraction of sp³-hybridized carbons (Fsp3) is 0.455. The number of aromatic amines is 1. The molecule has 2 aromatic heterocycles. The molecule has 1 saturated heterocycles. The molecule has 10 nitrogen and oxygen atoms in total. The van der Waals surface area contributed by atoms with Gasteiger partial charge in [-0.1, -0.05) is 6.92 Å². The Morgan fingerprint density at radius 3 is 2.40 bits per heavy atom. The van der Waals surface area contributed by atoms with Gasteiger partial charge in [-0.25, -0.2) is 9.78 Å². The third kappa shape index (κ3) is 6.23. The summed E-state index contributed by atoms with van der Waals surface area (Å²) in [7, 11) is 3.71. The number of hydrogen-bond donors (Lipinski definition) is 1. The van der Waals surface area contributed by atoms with Gasteiger partial charge in [0.05, 0.1) is 0 Å². The number of fused-ring (bicyclic) bond motifs is 1. The number of rotatable bonds is 5. The summed E-state index contributed by atoms with van der Waals surface area (Å²) < 4.78 is 5.52. The zero-order valence-electron chi connectivity index (χ0n) is 26.3. The molecule has 2 amide bonds. The van der Waals surface area contributed by atoms with Crippen molar-refractivity contribution in [3.8, 4) is 11.1 Å². The van der Waals surface area contributed by atoms with E-state index in [9.17, 15) is 14.4 Å². The molecule has 5 rings (SSSR count). The number of benzene rings is 1. The number of aromatic nitrogens is 2. The van der Waals surface area contributed by atoms with Gasteiger partial charge in [-0.3, -0.25) is 9.59 Å². The second-order valence-corrected chi connectivity index (χ2v) is 12.4. The van der Waals surface area contributed by atoms with Gasteiger partial charge in [0.2, 0.25) is 0 Å². The summed E-state index contributed by atoms with van der Waals surface area (Å²) in [5.41, 5.74) is 5.64. The Hall–Kier alpha value is -4.34. The molecule has 2 aliphatic heterocycles. The summed E-state index contributed by atoms with van der Waals surface area (Å²) >= 11 is 0. The molecule has 0 saturated carbocycles. The number of hydrogen-bond acceptors (Lipinski definition) is 7. The molecule has 228 valence electrons. The molecule has 1 N–H and O–H groups in total. The Kier molecular flexibility index (Phi) is 8.23. The van der Waals surface area contributed by atoms with E-state index in [4.69, 9.17) is 9.72 Å². The number of carbonyl (C=O) groups is 2. The van der Waals surface area contributed by atoms with Crippen LogP contribution in [0.25, 0.3) is 11.1 Å². The van der Waals surface area contributed by atoms with Crippen molar-refractivity contribution in [3.05, 3.63) is 69.3 Å². The smallest absolute Gasteiger partial charge is 0.410 e. The molecule has 2 aliphatic rings. The van der Waals surface area contributed by atoms with Crippen LogP contribution in [0.3, 0.4) is 0 Å². The maximum Gasteiger partial charge on any atom is 0.410 e. The van der Waals surface area contributed by atoms with Crippen LogP contribution >= 0.6 is 0 Å². The zero-order chi connectivity index (χ0) is 31.1. The lowest BCUT2D eigenvalue weighted by Crippen LogP contribution is -2.50. The van der Waals surface area contributed by atoms with Gasteiger partial charge in [-0.05, 0) is 87.6 Å². The van der Waals surface area contributed by atoms with Gasteiger partial charge in [-0.2, -0.15) is 0 Å². The zero-order valence-corrected chi connectivity index (χ0v) is 26.3. The van der Waals surface area contributed by atoms with Gasteiger partial charge in [0.25, 0.3) is 11.5 Å². The summed E-state index contributed by atoms with van der Waals surface area (Å²) in [6.07, 6.45) is 2.96. The average Bonchev–Trinajstić information content (AvgIpc) is 3.35. The molecule has 0 radical (unpaired) electrons. The number of ether oxygens (including phenoxy) is 1. The average molecular weight is 587 g/mol. The van der Waals surface area contributed by atoms with Crippen molar-refractivity contribution in [2.45, 2.75) is 53.1 Å². The minimum absolute atomic E-state index is 0.204. The van der Waals surface area contributed by atoms with Crippen LogP contribution in [0.1, 0.15) is 54.9 Å². The van der Waals surface area contributed by atoms with Crippen LogP contribution in [-0.4, -0.2) is 79.3 Å². The minimum Gasteiger partial charge on any atom is -0.444 e. The number of aryl methyl sites for hydroxylation is 2. The van der Waals surface area contributed by atoms with E-state index >= 15 is 0 Å². The molecule has 10 heteroatoms. The predicted octanol–water partition coefficient (Wildman–Crippen LogP) is 4.63. The second-order valence-electron chi connectivity index (χ2n) is 12.4. The number of carbonyl (C=O) groups excluding carboxylic acids is 2. The van der Waals surface area contributed by atoms with Gasteiger partial charge in [-0.15, -0.1) is 0 Å². The normalized spacial score (nSPS) is 15.0. The molecule has 43 heavy (non-hydrogen) atoms. The van der Waals surface area contributed by atoms with Crippen molar-refractivity contribution in [3.63, 3.8) is 0 Å². The van der Waals surface area contributed by atoms with E-state index in [1.54, 1.807) is 11.9 Å². The Morgan fingerprint density at radius 1 is 1.05 bits per heavy atom. The van der Waals surface area contributed by atoms with Gasteiger partial charge in [0.1, 0.15) is 17.1 Å². The Balaban J connectivity index is 1.39. The number of nitrogens with zero attached hydrogens (tertiary/aromatic N) is 5. The van der Waals surface area contributed by atoms with Crippen LogP contribution in [0.5, 0.6) is 0 Å². The monoisotopic (exact) mass is 586 g/mol. The summed E-state index contributed by atoms with van der Waals surface area (Å²) in [6.45, 7) is 12.7. The largest absolute Gasteiger partial charge is 0.444 e. The lowest BCUT2D eigenvalue weighted by Gasteiger charge is -2.36. The van der Waals surface area contributed by atoms with Crippen molar-refractivity contribution in [2.75, 3.05) is 61.5 Å². The molecule has 0 unspecified atom stereocenters. The van der Waals surface area contributed by atoms with E-state index in [2.05, 4.69) is 20.9 Å². The number of amides is 2. The van der Waals surface area contributed by atoms with Gasteiger partial charge < -0.3 is 29.3 Å². The number of likely N-dealkylation sites (N-methyl/N-ethyl adjacent to an activating group) is 1. The number of pyridine rings is 2. The third-order valence-electron chi connectivity index (χ3n) is 8.14. The van der Waals surface area contributed by atoms with Crippen molar-refractivity contribution < 1.29 is 14.3 Å². The molecule has 0 bridgehead atoms. The molecule has 1 fully saturated rings. The van der Waals surface area contributed by atoms with Gasteiger partial charge >= 0.3 is 6.09 Å². The molecular formula is C33H42N6O4. The molecule has 3 aromatic rings. The highest BCUT2D eigenvalue weighted by atomic mass is 16.6. The van der Waals surface area contributed by atoms with E-state index in [1.807, 2.05) is 72.1 Å². The molecular weight excluding hydrogens is 544 g/mol. The highest BCUT2D eigenvalue weighted by Crippen LogP contribution is 2.36. The quantitative estimate of drug-likeness (QED) is 0.465. The highest BCUT2D eigenvalue weighted by molar-refractivity contribution is 6.09. The summed E-state index contributed by atoms with van der Waals surface area (Å²) in [4.78, 5) is 54.6. The fourth-order valence-electron chi connectivity index (χ4n) is 5.88. The SMILES string of the molecule is CCc1cc(C)[nH]c(=O)c1N(C)C(=O)c1cc(-c2ccc(N3CCN(C(=O)OC(C)(C)C)CC3)nc2)cc2c1CCN2C. The maximum atomic E-state index is 14.0. The summed E-state index contributed by atoms with van der Waals surface area (Å²) in [5, 5.41) is 0. The molecule has 0 spiro atoms. The van der Waals surface area contributed by atoms with E-state index < -0.39 is 5.60 Å². The van der Waals surface area contributed by atoms with E-state index in [0.717, 1.165) is 52.4 Å². The first-order valence-electron chi connectivity index (χ1n) is 14.9. The van der Waals surface area contributed by atoms with E-state index in [0.29, 0.717) is 43.9 Å². The summed E-state index contributed by atoms with van der Waals surface area (Å²) in [5.74, 6) is 0.637. The number of H-pyrrole nitrogens is 1. The summed E-state index contributed by atoms with van der Waals surface area (Å²) in [6, 6.07) is 9.99. The number of anilines is 3. The molecule has 1 aromatic carbocycles. The lowest BCUT2D eigenvalue weighted by atomic mass is 9.96. The molecule has 0 atom stereocenters. The van der Waals surface area contributed by atoms with E-state index in [1.165, 1.54) is 4.90 Å². The standard InChI is InChI=1S/C33H42N6O4/c1-8-22-17-21(2)35-30(40)29(22)37(7)31(41)26-18-24(19-27-25(26)11-12-36(27)6)23-9-10-28(34-20-23)38-13-15-39(16-14-38)32(42)43-33(3,4)5/h9-10,17-20H,8,11-16H2,1-7H3,(H,35,40). The molecule has 4 heterocycles. The van der Waals surface area contributed by atoms with Crippen LogP contribution in [0.2, 0.25) is 0 Å². The van der Waals surface area contributed by atoms with Crippen LogP contribution in [0.15, 0.2) is 41.3 Å². The first kappa shape index (κ1) is 30.1. The molecule has 0 aliphatic carbocycles. The van der Waals surface area contributed by atoms with Crippen LogP contribution in [0, 0.1) is 6.92 Å². The first-order valence-corrected chi connectivity index (χ1v) is 14.9. The Bertz CT molecular complexity index is 1580. The van der Waals surface area contributed by atoms with Gasteiger partial charge in [0, 0.05) is 75.5 Å². The van der Waals surface area contributed by atoms with Crippen molar-refractivity contribution >= 4 is 29.2 Å². The van der Waals surface area contributed by atoms with Crippen molar-refractivity contribution in [1.29, 1.82) is 0 Å². The lowest BCUT2D eigenvalue weighted by molar-refractivity contribution is 0.0240. The van der Waals surface area contributed by atoms with Gasteiger partial charge in [0.15, 0.2) is 0 Å². The van der Waals surface area contributed by atoms with Crippen LogP contribution in [0.4, 0.5) is 22.0 Å². The Labute approximate surface area is 253 Å². The second kappa shape index (κ2) is 11.7. The number of nitrogens with one attached hydrogen (secondary N) is 1. The van der Waals surface area contributed by atoms with Crippen LogP contribution < -0.4 is 20.3 Å². The predicted molar refractivity (Wildman–Crippen MR) is 171 cm³/mol. The third-order valence-corrected chi connectivity index (χ3v) is 8.14. The minimum atomic E-state index is -0.519. The van der Waals surface area contributed by atoms with Crippen molar-refractivity contribution in [2.24, 2.45) is 0 Å². The van der Waals surface area contributed by atoms with Crippen LogP contribution in [-0.2, 0) is 17.6 Å².